The number of amides is 2. The summed E-state index contributed by atoms with van der Waals surface area (Å²) < 4.78 is 0. The van der Waals surface area contributed by atoms with Crippen LogP contribution in [0.1, 0.15) is 17.9 Å². The van der Waals surface area contributed by atoms with Crippen LogP contribution >= 0.6 is 0 Å². The first kappa shape index (κ1) is 11.1. The monoisotopic (exact) mass is 230 g/mol. The molecule has 2 unspecified atom stereocenters. The summed E-state index contributed by atoms with van der Waals surface area (Å²) in [5.41, 5.74) is 0.706. The van der Waals surface area contributed by atoms with Gasteiger partial charge < -0.3 is 5.11 Å². The third-order valence-electron chi connectivity index (χ3n) is 2.81. The van der Waals surface area contributed by atoms with Gasteiger partial charge >= 0.3 is 0 Å². The molecule has 0 aromatic heterocycles. The molecule has 1 saturated heterocycles. The van der Waals surface area contributed by atoms with E-state index in [2.05, 4.69) is 5.32 Å². The Morgan fingerprint density at radius 3 is 2.53 bits per heavy atom. The Hall–Kier alpha value is -2.35. The number of phenols is 1. The standard InChI is InChI=1S/C12H10N2O3/c13-6-10-9(5-11(16)14-12(10)17)7-1-3-8(15)4-2-7/h1-4,9-10,15H,5H2,(H,14,16,17). The van der Waals surface area contributed by atoms with E-state index in [4.69, 9.17) is 5.26 Å². The molecule has 2 rings (SSSR count). The summed E-state index contributed by atoms with van der Waals surface area (Å²) in [6.07, 6.45) is 0.106. The first-order valence-electron chi connectivity index (χ1n) is 5.14. The van der Waals surface area contributed by atoms with Gasteiger partial charge in [-0.1, -0.05) is 12.1 Å². The molecule has 5 heteroatoms. The van der Waals surface area contributed by atoms with E-state index in [1.165, 1.54) is 12.1 Å². The van der Waals surface area contributed by atoms with E-state index in [-0.39, 0.29) is 18.1 Å². The lowest BCUT2D eigenvalue weighted by molar-refractivity contribution is -0.135. The van der Waals surface area contributed by atoms with Gasteiger partial charge in [0.1, 0.15) is 11.7 Å². The Kier molecular flexibility index (Phi) is 2.79. The smallest absolute Gasteiger partial charge is 0.244 e. The molecule has 5 nitrogen and oxygen atoms in total. The second-order valence-electron chi connectivity index (χ2n) is 3.92. The molecule has 17 heavy (non-hydrogen) atoms. The molecule has 86 valence electrons. The molecule has 1 aliphatic heterocycles. The van der Waals surface area contributed by atoms with Crippen LogP contribution in [0.15, 0.2) is 24.3 Å². The van der Waals surface area contributed by atoms with Gasteiger partial charge in [0.05, 0.1) is 6.07 Å². The predicted molar refractivity (Wildman–Crippen MR) is 57.7 cm³/mol. The number of benzene rings is 1. The van der Waals surface area contributed by atoms with Crippen LogP contribution in [0.5, 0.6) is 5.75 Å². The quantitative estimate of drug-likeness (QED) is 0.693. The topological polar surface area (TPSA) is 90.2 Å². The number of aromatic hydroxyl groups is 1. The van der Waals surface area contributed by atoms with E-state index in [0.29, 0.717) is 5.56 Å². The SMILES string of the molecule is N#CC1C(=O)NC(=O)CC1c1ccc(O)cc1. The number of carbonyl (C=O) groups is 2. The zero-order chi connectivity index (χ0) is 12.4. The van der Waals surface area contributed by atoms with Crippen LogP contribution in [0.2, 0.25) is 0 Å². The molecule has 0 saturated carbocycles. The van der Waals surface area contributed by atoms with Gasteiger partial charge in [0, 0.05) is 12.3 Å². The maximum absolute atomic E-state index is 11.5. The predicted octanol–water partition coefficient (Wildman–Crippen LogP) is 0.662. The minimum absolute atomic E-state index is 0.105. The number of hydrogen-bond donors (Lipinski definition) is 2. The van der Waals surface area contributed by atoms with Crippen LogP contribution < -0.4 is 5.32 Å². The van der Waals surface area contributed by atoms with Crippen molar-refractivity contribution in [3.05, 3.63) is 29.8 Å². The van der Waals surface area contributed by atoms with Gasteiger partial charge in [-0.3, -0.25) is 14.9 Å². The van der Waals surface area contributed by atoms with Crippen LogP contribution in [0, 0.1) is 17.2 Å². The minimum atomic E-state index is -0.864. The van der Waals surface area contributed by atoms with Gasteiger partial charge in [-0.25, -0.2) is 0 Å². The number of imide groups is 1. The summed E-state index contributed by atoms with van der Waals surface area (Å²) >= 11 is 0. The fourth-order valence-corrected chi connectivity index (χ4v) is 1.95. The zero-order valence-electron chi connectivity index (χ0n) is 8.88. The van der Waals surface area contributed by atoms with Gasteiger partial charge in [-0.05, 0) is 17.7 Å². The Labute approximate surface area is 97.7 Å². The molecule has 2 amide bonds. The third kappa shape index (κ3) is 2.11. The molecule has 1 fully saturated rings. The number of nitrogens with zero attached hydrogens (tertiary/aromatic N) is 1. The fourth-order valence-electron chi connectivity index (χ4n) is 1.95. The maximum Gasteiger partial charge on any atom is 0.244 e. The molecule has 0 spiro atoms. The number of carbonyl (C=O) groups excluding carboxylic acids is 2. The average molecular weight is 230 g/mol. The molecule has 2 N–H and O–H groups in total. The molecule has 0 aliphatic carbocycles. The van der Waals surface area contributed by atoms with Crippen molar-refractivity contribution in [2.75, 3.05) is 0 Å². The largest absolute Gasteiger partial charge is 0.508 e. The summed E-state index contributed by atoms with van der Waals surface area (Å²) in [5, 5.41) is 20.3. The number of piperidine rings is 1. The normalized spacial score (nSPS) is 23.9. The summed E-state index contributed by atoms with van der Waals surface area (Å²) in [4.78, 5) is 22.8. The van der Waals surface area contributed by atoms with Crippen molar-refractivity contribution in [3.63, 3.8) is 0 Å². The number of rotatable bonds is 1. The highest BCUT2D eigenvalue weighted by atomic mass is 16.3. The Morgan fingerprint density at radius 2 is 1.94 bits per heavy atom. The van der Waals surface area contributed by atoms with E-state index in [1.54, 1.807) is 12.1 Å². The summed E-state index contributed by atoms with van der Waals surface area (Å²) in [5.74, 6) is -2.13. The van der Waals surface area contributed by atoms with Gasteiger partial charge in [0.15, 0.2) is 0 Å². The maximum atomic E-state index is 11.5. The molecule has 1 heterocycles. The highest BCUT2D eigenvalue weighted by molar-refractivity contribution is 6.01. The van der Waals surface area contributed by atoms with Crippen LogP contribution in [0.3, 0.4) is 0 Å². The summed E-state index contributed by atoms with van der Waals surface area (Å²) in [6.45, 7) is 0. The number of nitrogens with one attached hydrogen (secondary N) is 1. The average Bonchev–Trinajstić information content (AvgIpc) is 2.29. The number of nitriles is 1. The van der Waals surface area contributed by atoms with E-state index in [1.807, 2.05) is 6.07 Å². The van der Waals surface area contributed by atoms with Crippen molar-refractivity contribution < 1.29 is 14.7 Å². The van der Waals surface area contributed by atoms with Crippen LogP contribution in [-0.4, -0.2) is 16.9 Å². The minimum Gasteiger partial charge on any atom is -0.508 e. The highest BCUT2D eigenvalue weighted by Crippen LogP contribution is 2.31. The molecule has 2 atom stereocenters. The molecular weight excluding hydrogens is 220 g/mol. The highest BCUT2D eigenvalue weighted by Gasteiger charge is 2.36. The molecule has 0 bridgehead atoms. The van der Waals surface area contributed by atoms with Crippen LogP contribution in [0.4, 0.5) is 0 Å². The second-order valence-corrected chi connectivity index (χ2v) is 3.92. The number of hydrogen-bond acceptors (Lipinski definition) is 4. The summed E-state index contributed by atoms with van der Waals surface area (Å²) in [7, 11) is 0. The van der Waals surface area contributed by atoms with E-state index in [9.17, 15) is 14.7 Å². The van der Waals surface area contributed by atoms with E-state index < -0.39 is 17.7 Å². The van der Waals surface area contributed by atoms with Crippen LogP contribution in [-0.2, 0) is 9.59 Å². The van der Waals surface area contributed by atoms with Crippen molar-refractivity contribution >= 4 is 11.8 Å². The lowest BCUT2D eigenvalue weighted by Gasteiger charge is -2.25. The molecule has 1 aromatic rings. The Bertz CT molecular complexity index is 501. The van der Waals surface area contributed by atoms with Crippen molar-refractivity contribution in [3.8, 4) is 11.8 Å². The van der Waals surface area contributed by atoms with Crippen LogP contribution in [0.25, 0.3) is 0 Å². The zero-order valence-corrected chi connectivity index (χ0v) is 8.88. The van der Waals surface area contributed by atoms with Crippen molar-refractivity contribution in [2.24, 2.45) is 5.92 Å². The molecular formula is C12H10N2O3. The Balaban J connectivity index is 2.34. The lowest BCUT2D eigenvalue weighted by Crippen LogP contribution is -2.44. The third-order valence-corrected chi connectivity index (χ3v) is 2.81. The second kappa shape index (κ2) is 4.26. The van der Waals surface area contributed by atoms with Gasteiger partial charge in [-0.2, -0.15) is 5.26 Å². The summed E-state index contributed by atoms with van der Waals surface area (Å²) in [6, 6.07) is 8.10. The molecule has 1 aromatic carbocycles. The van der Waals surface area contributed by atoms with Gasteiger partial charge in [-0.15, -0.1) is 0 Å². The lowest BCUT2D eigenvalue weighted by atomic mass is 9.81. The van der Waals surface area contributed by atoms with Crippen molar-refractivity contribution in [2.45, 2.75) is 12.3 Å². The van der Waals surface area contributed by atoms with Gasteiger partial charge in [0.25, 0.3) is 0 Å². The first-order valence-corrected chi connectivity index (χ1v) is 5.14. The molecule has 0 radical (unpaired) electrons. The first-order chi connectivity index (χ1) is 8.11. The van der Waals surface area contributed by atoms with Gasteiger partial charge in [0.2, 0.25) is 11.8 Å². The van der Waals surface area contributed by atoms with Crippen molar-refractivity contribution in [1.29, 1.82) is 5.26 Å². The fraction of sp³-hybridized carbons (Fsp3) is 0.250. The number of phenolic OH excluding ortho intramolecular Hbond substituents is 1. The van der Waals surface area contributed by atoms with E-state index >= 15 is 0 Å². The van der Waals surface area contributed by atoms with E-state index in [0.717, 1.165) is 0 Å². The molecule has 1 aliphatic rings. The Morgan fingerprint density at radius 1 is 1.29 bits per heavy atom. The van der Waals surface area contributed by atoms with Crippen molar-refractivity contribution in [1.82, 2.24) is 5.32 Å².